The smallest absolute Gasteiger partial charge is 0.279 e. The molecule has 0 aromatic rings. The standard InChI is InChI=1S/C13H26N2O3S/c16-19(17,15-10-4-5-11-15)14-9-6-12-18-13-7-2-1-3-8-13/h13-14H,1-12H2. The van der Waals surface area contributed by atoms with Crippen LogP contribution in [0, 0.1) is 0 Å². The van der Waals surface area contributed by atoms with Crippen LogP contribution in [-0.4, -0.2) is 45.1 Å². The minimum Gasteiger partial charge on any atom is -0.378 e. The minimum absolute atomic E-state index is 0.406. The van der Waals surface area contributed by atoms with E-state index in [1.165, 1.54) is 36.4 Å². The zero-order valence-electron chi connectivity index (χ0n) is 11.6. The van der Waals surface area contributed by atoms with Gasteiger partial charge >= 0.3 is 0 Å². The number of nitrogens with one attached hydrogen (secondary N) is 1. The topological polar surface area (TPSA) is 58.6 Å². The molecule has 2 fully saturated rings. The molecule has 1 N–H and O–H groups in total. The molecule has 0 bridgehead atoms. The summed E-state index contributed by atoms with van der Waals surface area (Å²) in [6, 6.07) is 0. The van der Waals surface area contributed by atoms with E-state index in [2.05, 4.69) is 4.72 Å². The largest absolute Gasteiger partial charge is 0.378 e. The molecule has 1 saturated carbocycles. The summed E-state index contributed by atoms with van der Waals surface area (Å²) in [5.41, 5.74) is 0. The normalized spacial score (nSPS) is 22.9. The van der Waals surface area contributed by atoms with Crippen LogP contribution in [0.4, 0.5) is 0 Å². The third-order valence-corrected chi connectivity index (χ3v) is 5.53. The van der Waals surface area contributed by atoms with Gasteiger partial charge in [-0.15, -0.1) is 0 Å². The molecular formula is C13H26N2O3S. The van der Waals surface area contributed by atoms with Crippen molar-refractivity contribution in [1.29, 1.82) is 0 Å². The van der Waals surface area contributed by atoms with Crippen molar-refractivity contribution >= 4 is 10.2 Å². The lowest BCUT2D eigenvalue weighted by molar-refractivity contribution is 0.0277. The van der Waals surface area contributed by atoms with Gasteiger partial charge < -0.3 is 4.74 Å². The maximum absolute atomic E-state index is 11.9. The van der Waals surface area contributed by atoms with E-state index in [1.807, 2.05) is 0 Å². The van der Waals surface area contributed by atoms with E-state index in [9.17, 15) is 8.42 Å². The van der Waals surface area contributed by atoms with E-state index in [1.54, 1.807) is 0 Å². The van der Waals surface area contributed by atoms with Crippen molar-refractivity contribution in [3.63, 3.8) is 0 Å². The Kier molecular flexibility index (Phi) is 6.06. The van der Waals surface area contributed by atoms with Crippen LogP contribution >= 0.6 is 0 Å². The molecule has 2 aliphatic rings. The summed E-state index contributed by atoms with van der Waals surface area (Å²) in [5, 5.41) is 0. The van der Waals surface area contributed by atoms with E-state index in [-0.39, 0.29) is 0 Å². The predicted molar refractivity (Wildman–Crippen MR) is 75.2 cm³/mol. The third kappa shape index (κ3) is 5.02. The molecule has 2 rings (SSSR count). The van der Waals surface area contributed by atoms with Gasteiger partial charge in [0.05, 0.1) is 6.10 Å². The zero-order valence-corrected chi connectivity index (χ0v) is 12.5. The first-order valence-electron chi connectivity index (χ1n) is 7.55. The van der Waals surface area contributed by atoms with Crippen LogP contribution in [0.5, 0.6) is 0 Å². The lowest BCUT2D eigenvalue weighted by Crippen LogP contribution is -2.39. The van der Waals surface area contributed by atoms with Crippen molar-refractivity contribution in [3.05, 3.63) is 0 Å². The van der Waals surface area contributed by atoms with Crippen LogP contribution in [0.1, 0.15) is 51.4 Å². The minimum atomic E-state index is -3.24. The lowest BCUT2D eigenvalue weighted by Gasteiger charge is -2.22. The highest BCUT2D eigenvalue weighted by Gasteiger charge is 2.24. The number of hydrogen-bond acceptors (Lipinski definition) is 3. The van der Waals surface area contributed by atoms with Gasteiger partial charge in [-0.3, -0.25) is 0 Å². The highest BCUT2D eigenvalue weighted by Crippen LogP contribution is 2.20. The van der Waals surface area contributed by atoms with E-state index in [0.717, 1.165) is 19.3 Å². The fourth-order valence-corrected chi connectivity index (χ4v) is 4.10. The van der Waals surface area contributed by atoms with Crippen molar-refractivity contribution in [3.8, 4) is 0 Å². The Morgan fingerprint density at radius 2 is 1.74 bits per heavy atom. The van der Waals surface area contributed by atoms with Gasteiger partial charge in [0.25, 0.3) is 10.2 Å². The summed E-state index contributed by atoms with van der Waals surface area (Å²) in [6.07, 6.45) is 9.32. The molecule has 0 unspecified atom stereocenters. The maximum Gasteiger partial charge on any atom is 0.279 e. The molecule has 1 saturated heterocycles. The van der Waals surface area contributed by atoms with Crippen molar-refractivity contribution in [2.24, 2.45) is 0 Å². The highest BCUT2D eigenvalue weighted by atomic mass is 32.2. The van der Waals surface area contributed by atoms with Crippen LogP contribution in [-0.2, 0) is 14.9 Å². The Hall–Kier alpha value is -0.170. The number of nitrogens with zero attached hydrogens (tertiary/aromatic N) is 1. The number of ether oxygens (including phenoxy) is 1. The second-order valence-electron chi connectivity index (χ2n) is 5.49. The Bertz CT molecular complexity index is 347. The Labute approximate surface area is 116 Å². The fourth-order valence-electron chi connectivity index (χ4n) is 2.77. The van der Waals surface area contributed by atoms with Crippen LogP contribution in [0.3, 0.4) is 0 Å². The molecule has 0 radical (unpaired) electrons. The molecule has 1 heterocycles. The zero-order chi connectivity index (χ0) is 13.6. The molecule has 0 aromatic heterocycles. The first-order chi connectivity index (χ1) is 9.18. The molecule has 0 amide bonds. The first-order valence-corrected chi connectivity index (χ1v) is 8.99. The van der Waals surface area contributed by atoms with Gasteiger partial charge in [-0.2, -0.15) is 12.7 Å². The molecule has 19 heavy (non-hydrogen) atoms. The lowest BCUT2D eigenvalue weighted by atomic mass is 9.98. The van der Waals surface area contributed by atoms with Crippen molar-refractivity contribution < 1.29 is 13.2 Å². The van der Waals surface area contributed by atoms with Gasteiger partial charge in [0.2, 0.25) is 0 Å². The Balaban J connectivity index is 1.55. The summed E-state index contributed by atoms with van der Waals surface area (Å²) in [5.74, 6) is 0. The van der Waals surface area contributed by atoms with Gasteiger partial charge in [0.15, 0.2) is 0 Å². The molecule has 112 valence electrons. The molecule has 6 heteroatoms. The summed E-state index contributed by atoms with van der Waals surface area (Å²) in [6.45, 7) is 2.46. The van der Waals surface area contributed by atoms with Crippen molar-refractivity contribution in [1.82, 2.24) is 9.03 Å². The van der Waals surface area contributed by atoms with E-state index < -0.39 is 10.2 Å². The second-order valence-corrected chi connectivity index (χ2v) is 7.25. The highest BCUT2D eigenvalue weighted by molar-refractivity contribution is 7.87. The summed E-state index contributed by atoms with van der Waals surface area (Å²) in [4.78, 5) is 0. The average Bonchev–Trinajstić information content (AvgIpc) is 2.94. The van der Waals surface area contributed by atoms with Gasteiger partial charge in [0.1, 0.15) is 0 Å². The SMILES string of the molecule is O=S(=O)(NCCCOC1CCCCC1)N1CCCC1. The predicted octanol–water partition coefficient (Wildman–Crippen LogP) is 1.66. The van der Waals surface area contributed by atoms with E-state index >= 15 is 0 Å². The summed E-state index contributed by atoms with van der Waals surface area (Å²) in [7, 11) is -3.24. The van der Waals surface area contributed by atoms with Gasteiger partial charge in [0, 0.05) is 26.2 Å². The van der Waals surface area contributed by atoms with Gasteiger partial charge in [-0.1, -0.05) is 19.3 Å². The van der Waals surface area contributed by atoms with E-state index in [4.69, 9.17) is 4.74 Å². The molecule has 1 aliphatic heterocycles. The molecule has 5 nitrogen and oxygen atoms in total. The Morgan fingerprint density at radius 3 is 2.42 bits per heavy atom. The molecule has 0 aromatic carbocycles. The van der Waals surface area contributed by atoms with Crippen LogP contribution in [0.2, 0.25) is 0 Å². The molecular weight excluding hydrogens is 264 g/mol. The van der Waals surface area contributed by atoms with E-state index in [0.29, 0.717) is 32.3 Å². The number of hydrogen-bond donors (Lipinski definition) is 1. The first kappa shape index (κ1) is 15.2. The summed E-state index contributed by atoms with van der Waals surface area (Å²) >= 11 is 0. The average molecular weight is 290 g/mol. The summed E-state index contributed by atoms with van der Waals surface area (Å²) < 4.78 is 33.7. The van der Waals surface area contributed by atoms with Crippen LogP contribution in [0.15, 0.2) is 0 Å². The monoisotopic (exact) mass is 290 g/mol. The van der Waals surface area contributed by atoms with Gasteiger partial charge in [-0.05, 0) is 32.1 Å². The van der Waals surface area contributed by atoms with Gasteiger partial charge in [-0.25, -0.2) is 4.72 Å². The quantitative estimate of drug-likeness (QED) is 0.725. The van der Waals surface area contributed by atoms with Crippen molar-refractivity contribution in [2.45, 2.75) is 57.5 Å². The second kappa shape index (κ2) is 7.57. The van der Waals surface area contributed by atoms with Crippen LogP contribution < -0.4 is 4.72 Å². The molecule has 0 spiro atoms. The van der Waals surface area contributed by atoms with Crippen LogP contribution in [0.25, 0.3) is 0 Å². The fraction of sp³-hybridized carbons (Fsp3) is 1.00. The molecule has 1 aliphatic carbocycles. The van der Waals surface area contributed by atoms with Crippen molar-refractivity contribution in [2.75, 3.05) is 26.2 Å². The number of rotatable bonds is 7. The molecule has 0 atom stereocenters. The third-order valence-electron chi connectivity index (χ3n) is 3.92. The maximum atomic E-state index is 11.9. The Morgan fingerprint density at radius 1 is 1.05 bits per heavy atom.